The lowest BCUT2D eigenvalue weighted by Crippen LogP contribution is -2.42. The van der Waals surface area contributed by atoms with Crippen LogP contribution in [0, 0.1) is 11.6 Å². The number of aliphatic hydroxyl groups is 1. The minimum atomic E-state index is -1.37. The summed E-state index contributed by atoms with van der Waals surface area (Å²) in [5, 5.41) is 20.0. The standard InChI is InChI=1S/C26H23F2NO6/c27-18-7-9-20(10-8-18)29(21-5-2-4-19(28)13-21)25(32)35-16-26(33)12-11-22-17(14-26)3-1-6-23(22)34-15-24(30)31/h1-10,13,33H,11-12,14-16H2,(H,30,31)/t26-/m1/s1. The molecule has 1 aliphatic carbocycles. The third-order valence-electron chi connectivity index (χ3n) is 5.74. The Balaban J connectivity index is 1.50. The molecule has 1 aliphatic rings. The van der Waals surface area contributed by atoms with E-state index in [0.717, 1.165) is 22.1 Å². The maximum absolute atomic E-state index is 13.9. The molecule has 0 saturated carbocycles. The Hall–Kier alpha value is -3.98. The van der Waals surface area contributed by atoms with Crippen molar-refractivity contribution < 1.29 is 38.1 Å². The van der Waals surface area contributed by atoms with Gasteiger partial charge in [0.05, 0.1) is 11.4 Å². The molecule has 3 aromatic carbocycles. The minimum Gasteiger partial charge on any atom is -0.482 e. The van der Waals surface area contributed by atoms with Gasteiger partial charge in [-0.3, -0.25) is 0 Å². The van der Waals surface area contributed by atoms with E-state index in [0.29, 0.717) is 12.2 Å². The van der Waals surface area contributed by atoms with Crippen molar-refractivity contribution in [3.63, 3.8) is 0 Å². The maximum atomic E-state index is 13.9. The predicted molar refractivity (Wildman–Crippen MR) is 123 cm³/mol. The molecule has 0 radical (unpaired) electrons. The smallest absolute Gasteiger partial charge is 0.419 e. The molecule has 2 N–H and O–H groups in total. The Morgan fingerprint density at radius 1 is 0.971 bits per heavy atom. The summed E-state index contributed by atoms with van der Waals surface area (Å²) in [6.07, 6.45) is -0.0572. The lowest BCUT2D eigenvalue weighted by atomic mass is 9.80. The summed E-state index contributed by atoms with van der Waals surface area (Å²) in [6, 6.07) is 15.6. The van der Waals surface area contributed by atoms with Gasteiger partial charge < -0.3 is 19.7 Å². The van der Waals surface area contributed by atoms with Crippen LogP contribution in [-0.4, -0.2) is 41.1 Å². The van der Waals surface area contributed by atoms with E-state index in [9.17, 15) is 23.5 Å². The summed E-state index contributed by atoms with van der Waals surface area (Å²) in [5.41, 5.74) is 0.645. The fourth-order valence-corrected chi connectivity index (χ4v) is 4.08. The topological polar surface area (TPSA) is 96.3 Å². The highest BCUT2D eigenvalue weighted by atomic mass is 19.1. The first kappa shape index (κ1) is 24.2. The first-order valence-corrected chi connectivity index (χ1v) is 10.9. The van der Waals surface area contributed by atoms with E-state index in [1.54, 1.807) is 18.2 Å². The van der Waals surface area contributed by atoms with E-state index in [1.165, 1.54) is 42.5 Å². The summed E-state index contributed by atoms with van der Waals surface area (Å²) in [6.45, 7) is -0.809. The highest BCUT2D eigenvalue weighted by molar-refractivity contribution is 5.96. The largest absolute Gasteiger partial charge is 0.482 e. The average molecular weight is 483 g/mol. The molecule has 7 nitrogen and oxygen atoms in total. The van der Waals surface area contributed by atoms with Crippen LogP contribution in [-0.2, 0) is 22.4 Å². The summed E-state index contributed by atoms with van der Waals surface area (Å²) in [7, 11) is 0. The first-order valence-electron chi connectivity index (χ1n) is 10.9. The average Bonchev–Trinajstić information content (AvgIpc) is 2.83. The van der Waals surface area contributed by atoms with Crippen LogP contribution in [0.4, 0.5) is 25.0 Å². The van der Waals surface area contributed by atoms with Crippen molar-refractivity contribution in [1.82, 2.24) is 0 Å². The molecule has 1 atom stereocenters. The van der Waals surface area contributed by atoms with Crippen LogP contribution in [0.2, 0.25) is 0 Å². The molecule has 0 unspecified atom stereocenters. The van der Waals surface area contributed by atoms with Crippen LogP contribution in [0.15, 0.2) is 66.7 Å². The van der Waals surface area contributed by atoms with Gasteiger partial charge in [0.2, 0.25) is 0 Å². The molecule has 3 aromatic rings. The molecule has 182 valence electrons. The third-order valence-corrected chi connectivity index (χ3v) is 5.74. The van der Waals surface area contributed by atoms with E-state index in [-0.39, 0.29) is 30.8 Å². The normalized spacial score (nSPS) is 16.8. The predicted octanol–water partition coefficient (Wildman–Crippen LogP) is 4.62. The second-order valence-corrected chi connectivity index (χ2v) is 8.32. The van der Waals surface area contributed by atoms with Gasteiger partial charge in [-0.05, 0) is 72.5 Å². The van der Waals surface area contributed by atoms with Gasteiger partial charge in [0.15, 0.2) is 6.61 Å². The molecule has 0 aliphatic heterocycles. The Bertz CT molecular complexity index is 1230. The second-order valence-electron chi connectivity index (χ2n) is 8.32. The van der Waals surface area contributed by atoms with Crippen LogP contribution in [0.25, 0.3) is 0 Å². The lowest BCUT2D eigenvalue weighted by molar-refractivity contribution is -0.139. The number of carboxylic acids is 1. The van der Waals surface area contributed by atoms with Gasteiger partial charge in [0.25, 0.3) is 0 Å². The summed E-state index contributed by atoms with van der Waals surface area (Å²) >= 11 is 0. The number of hydrogen-bond acceptors (Lipinski definition) is 5. The molecule has 0 spiro atoms. The maximum Gasteiger partial charge on any atom is 0.419 e. The number of fused-ring (bicyclic) bond motifs is 1. The zero-order valence-corrected chi connectivity index (χ0v) is 18.6. The number of carbonyl (C=O) groups is 2. The van der Waals surface area contributed by atoms with Crippen LogP contribution in [0.1, 0.15) is 17.5 Å². The molecule has 0 saturated heterocycles. The molecular formula is C26H23F2NO6. The number of carboxylic acid groups (broad SMARTS) is 1. The van der Waals surface area contributed by atoms with Crippen molar-refractivity contribution >= 4 is 23.4 Å². The number of rotatable bonds is 7. The Morgan fingerprint density at radius 3 is 2.43 bits per heavy atom. The van der Waals surface area contributed by atoms with Crippen molar-refractivity contribution in [2.75, 3.05) is 18.1 Å². The number of halogens is 2. The van der Waals surface area contributed by atoms with Gasteiger partial charge in [-0.1, -0.05) is 18.2 Å². The van der Waals surface area contributed by atoms with Crippen molar-refractivity contribution in [2.24, 2.45) is 0 Å². The summed E-state index contributed by atoms with van der Waals surface area (Å²) in [4.78, 5) is 25.0. The van der Waals surface area contributed by atoms with Gasteiger partial charge in [0, 0.05) is 6.42 Å². The molecule has 0 aromatic heterocycles. The Morgan fingerprint density at radius 2 is 1.71 bits per heavy atom. The van der Waals surface area contributed by atoms with E-state index in [2.05, 4.69) is 0 Å². The second kappa shape index (κ2) is 10.1. The molecule has 9 heteroatoms. The zero-order valence-electron chi connectivity index (χ0n) is 18.6. The third kappa shape index (κ3) is 5.75. The minimum absolute atomic E-state index is 0.163. The van der Waals surface area contributed by atoms with Crippen LogP contribution >= 0.6 is 0 Å². The number of ether oxygens (including phenoxy) is 2. The lowest BCUT2D eigenvalue weighted by Gasteiger charge is -2.34. The number of nitrogens with zero attached hydrogens (tertiary/aromatic N) is 1. The fraction of sp³-hybridized carbons (Fsp3) is 0.231. The number of amides is 1. The molecule has 1 amide bonds. The van der Waals surface area contributed by atoms with E-state index >= 15 is 0 Å². The SMILES string of the molecule is O=C(O)COc1cccc2c1CC[C@](O)(COC(=O)N(c1ccc(F)cc1)c1cccc(F)c1)C2. The molecule has 0 heterocycles. The summed E-state index contributed by atoms with van der Waals surface area (Å²) in [5.74, 6) is -1.71. The summed E-state index contributed by atoms with van der Waals surface area (Å²) < 4.78 is 38.1. The highest BCUT2D eigenvalue weighted by Crippen LogP contribution is 2.35. The van der Waals surface area contributed by atoms with Gasteiger partial charge in [-0.2, -0.15) is 0 Å². The highest BCUT2D eigenvalue weighted by Gasteiger charge is 2.35. The molecule has 0 bridgehead atoms. The van der Waals surface area contributed by atoms with Gasteiger partial charge in [-0.15, -0.1) is 0 Å². The monoisotopic (exact) mass is 483 g/mol. The van der Waals surface area contributed by atoms with Crippen LogP contribution < -0.4 is 9.64 Å². The molecular weight excluding hydrogens is 460 g/mol. The van der Waals surface area contributed by atoms with Crippen LogP contribution in [0.3, 0.4) is 0 Å². The quantitative estimate of drug-likeness (QED) is 0.509. The van der Waals surface area contributed by atoms with Crippen molar-refractivity contribution in [3.05, 3.63) is 89.5 Å². The number of carbonyl (C=O) groups excluding carboxylic acids is 1. The van der Waals surface area contributed by atoms with Crippen molar-refractivity contribution in [1.29, 1.82) is 0 Å². The van der Waals surface area contributed by atoms with E-state index in [4.69, 9.17) is 14.6 Å². The van der Waals surface area contributed by atoms with Crippen LogP contribution in [0.5, 0.6) is 5.75 Å². The van der Waals surface area contributed by atoms with Crippen molar-refractivity contribution in [2.45, 2.75) is 24.9 Å². The van der Waals surface area contributed by atoms with Gasteiger partial charge in [-0.25, -0.2) is 23.3 Å². The Labute approximate surface area is 200 Å². The van der Waals surface area contributed by atoms with Gasteiger partial charge >= 0.3 is 12.1 Å². The molecule has 35 heavy (non-hydrogen) atoms. The van der Waals surface area contributed by atoms with E-state index in [1.807, 2.05) is 0 Å². The number of benzene rings is 3. The van der Waals surface area contributed by atoms with Crippen molar-refractivity contribution in [3.8, 4) is 5.75 Å². The molecule has 0 fully saturated rings. The molecule has 4 rings (SSSR count). The number of hydrogen-bond donors (Lipinski definition) is 2. The van der Waals surface area contributed by atoms with Gasteiger partial charge in [0.1, 0.15) is 29.6 Å². The Kier molecular flexibility index (Phi) is 6.97. The fourth-order valence-electron chi connectivity index (χ4n) is 4.08. The number of anilines is 2. The van der Waals surface area contributed by atoms with E-state index < -0.39 is 35.9 Å². The first-order chi connectivity index (χ1) is 16.7. The number of aliphatic carboxylic acids is 1. The zero-order chi connectivity index (χ0) is 25.0.